The summed E-state index contributed by atoms with van der Waals surface area (Å²) in [7, 11) is 1.59. The number of methoxy groups -OCH3 is 1. The zero-order valence-corrected chi connectivity index (χ0v) is 16.1. The molecule has 0 aliphatic carbocycles. The van der Waals surface area contributed by atoms with Crippen LogP contribution in [0.1, 0.15) is 31.4 Å². The standard InChI is InChI=1S/C20H29N3O4/c1-26-14-15-27-19(25)22-12-8-20(9-13-22)7-5-18(24)23(16-20)11-6-17-4-2-3-10-21-17/h2-4,10H,5-9,11-16H2,1H3. The lowest BCUT2D eigenvalue weighted by Crippen LogP contribution is -2.52. The van der Waals surface area contributed by atoms with Crippen LogP contribution in [-0.4, -0.2) is 73.3 Å². The molecule has 2 amide bonds. The largest absolute Gasteiger partial charge is 0.447 e. The van der Waals surface area contributed by atoms with Gasteiger partial charge in [0, 0.05) is 58.0 Å². The van der Waals surface area contributed by atoms with Crippen molar-refractivity contribution in [2.24, 2.45) is 5.41 Å². The van der Waals surface area contributed by atoms with Crippen LogP contribution in [0.5, 0.6) is 0 Å². The van der Waals surface area contributed by atoms with Crippen LogP contribution in [0.25, 0.3) is 0 Å². The van der Waals surface area contributed by atoms with Gasteiger partial charge in [-0.3, -0.25) is 9.78 Å². The van der Waals surface area contributed by atoms with Crippen molar-refractivity contribution in [1.82, 2.24) is 14.8 Å². The van der Waals surface area contributed by atoms with Crippen LogP contribution in [0.4, 0.5) is 4.79 Å². The Balaban J connectivity index is 1.50. The number of likely N-dealkylation sites (tertiary alicyclic amines) is 2. The molecule has 1 aromatic heterocycles. The summed E-state index contributed by atoms with van der Waals surface area (Å²) >= 11 is 0. The zero-order valence-electron chi connectivity index (χ0n) is 16.1. The van der Waals surface area contributed by atoms with E-state index in [1.807, 2.05) is 23.1 Å². The number of amides is 2. The number of hydrogen-bond donors (Lipinski definition) is 0. The number of ether oxygens (including phenoxy) is 2. The average Bonchev–Trinajstić information content (AvgIpc) is 2.70. The van der Waals surface area contributed by atoms with Crippen LogP contribution in [0, 0.1) is 5.41 Å². The van der Waals surface area contributed by atoms with Gasteiger partial charge in [0.15, 0.2) is 0 Å². The molecular weight excluding hydrogens is 346 g/mol. The lowest BCUT2D eigenvalue weighted by molar-refractivity contribution is -0.139. The van der Waals surface area contributed by atoms with Gasteiger partial charge in [-0.2, -0.15) is 0 Å². The average molecular weight is 375 g/mol. The molecule has 1 aromatic rings. The summed E-state index contributed by atoms with van der Waals surface area (Å²) in [6, 6.07) is 5.87. The lowest BCUT2D eigenvalue weighted by Gasteiger charge is -2.47. The molecule has 2 saturated heterocycles. The maximum absolute atomic E-state index is 12.4. The molecule has 0 unspecified atom stereocenters. The monoisotopic (exact) mass is 375 g/mol. The predicted octanol–water partition coefficient (Wildman–Crippen LogP) is 2.11. The van der Waals surface area contributed by atoms with E-state index in [0.29, 0.717) is 32.7 Å². The first-order valence-electron chi connectivity index (χ1n) is 9.70. The molecule has 7 heteroatoms. The highest BCUT2D eigenvalue weighted by Gasteiger charge is 2.41. The van der Waals surface area contributed by atoms with Crippen molar-refractivity contribution in [2.45, 2.75) is 32.1 Å². The summed E-state index contributed by atoms with van der Waals surface area (Å²) in [5.41, 5.74) is 1.14. The Morgan fingerprint density at radius 3 is 2.74 bits per heavy atom. The molecule has 0 saturated carbocycles. The molecule has 0 N–H and O–H groups in total. The fourth-order valence-electron chi connectivity index (χ4n) is 3.98. The van der Waals surface area contributed by atoms with E-state index in [2.05, 4.69) is 4.98 Å². The second kappa shape index (κ2) is 9.17. The highest BCUT2D eigenvalue weighted by Crippen LogP contribution is 2.40. The number of carbonyl (C=O) groups is 2. The molecule has 0 atom stereocenters. The molecule has 7 nitrogen and oxygen atoms in total. The van der Waals surface area contributed by atoms with E-state index in [-0.39, 0.29) is 24.0 Å². The Morgan fingerprint density at radius 2 is 2.04 bits per heavy atom. The van der Waals surface area contributed by atoms with Gasteiger partial charge in [-0.1, -0.05) is 6.07 Å². The van der Waals surface area contributed by atoms with Gasteiger partial charge in [0.05, 0.1) is 6.61 Å². The van der Waals surface area contributed by atoms with Crippen molar-refractivity contribution >= 4 is 12.0 Å². The third kappa shape index (κ3) is 5.19. The third-order valence-corrected chi connectivity index (χ3v) is 5.71. The minimum Gasteiger partial charge on any atom is -0.447 e. The number of pyridine rings is 1. The van der Waals surface area contributed by atoms with E-state index < -0.39 is 0 Å². The molecule has 148 valence electrons. The Labute approximate surface area is 160 Å². The smallest absolute Gasteiger partial charge is 0.409 e. The quantitative estimate of drug-likeness (QED) is 0.712. The first-order valence-corrected chi connectivity index (χ1v) is 9.70. The van der Waals surface area contributed by atoms with Gasteiger partial charge in [0.2, 0.25) is 5.91 Å². The van der Waals surface area contributed by atoms with Gasteiger partial charge >= 0.3 is 6.09 Å². The van der Waals surface area contributed by atoms with Crippen molar-refractivity contribution in [3.63, 3.8) is 0 Å². The van der Waals surface area contributed by atoms with Gasteiger partial charge in [0.25, 0.3) is 0 Å². The first kappa shape index (κ1) is 19.6. The highest BCUT2D eigenvalue weighted by molar-refractivity contribution is 5.77. The summed E-state index contributed by atoms with van der Waals surface area (Å²) < 4.78 is 10.1. The molecule has 27 heavy (non-hydrogen) atoms. The summed E-state index contributed by atoms with van der Waals surface area (Å²) in [6.07, 6.45) is 5.65. The number of piperidine rings is 2. The maximum atomic E-state index is 12.4. The number of nitrogens with zero attached hydrogens (tertiary/aromatic N) is 3. The van der Waals surface area contributed by atoms with Gasteiger partial charge in [-0.15, -0.1) is 0 Å². The molecule has 2 aliphatic heterocycles. The van der Waals surface area contributed by atoms with E-state index in [4.69, 9.17) is 9.47 Å². The molecule has 2 aliphatic rings. The van der Waals surface area contributed by atoms with E-state index in [0.717, 1.165) is 37.9 Å². The van der Waals surface area contributed by atoms with Crippen molar-refractivity contribution in [3.8, 4) is 0 Å². The van der Waals surface area contributed by atoms with Gasteiger partial charge in [-0.05, 0) is 36.8 Å². The van der Waals surface area contributed by atoms with E-state index in [9.17, 15) is 9.59 Å². The Kier molecular flexibility index (Phi) is 6.66. The number of rotatable bonds is 6. The van der Waals surface area contributed by atoms with E-state index >= 15 is 0 Å². The molecular formula is C20H29N3O4. The normalized spacial score (nSPS) is 19.4. The molecule has 2 fully saturated rings. The van der Waals surface area contributed by atoms with E-state index in [1.165, 1.54) is 0 Å². The predicted molar refractivity (Wildman–Crippen MR) is 100 cm³/mol. The van der Waals surface area contributed by atoms with Crippen LogP contribution in [-0.2, 0) is 20.7 Å². The molecule has 0 aromatic carbocycles. The second-order valence-electron chi connectivity index (χ2n) is 7.48. The molecule has 0 radical (unpaired) electrons. The second-order valence-corrected chi connectivity index (χ2v) is 7.48. The van der Waals surface area contributed by atoms with Crippen LogP contribution < -0.4 is 0 Å². The van der Waals surface area contributed by atoms with Crippen molar-refractivity contribution < 1.29 is 19.1 Å². The van der Waals surface area contributed by atoms with Crippen LogP contribution in [0.15, 0.2) is 24.4 Å². The summed E-state index contributed by atoms with van der Waals surface area (Å²) in [6.45, 7) is 3.57. The Morgan fingerprint density at radius 1 is 1.22 bits per heavy atom. The Bertz CT molecular complexity index is 629. The minimum absolute atomic E-state index is 0.126. The lowest BCUT2D eigenvalue weighted by atomic mass is 9.72. The molecule has 0 bridgehead atoms. The fourth-order valence-corrected chi connectivity index (χ4v) is 3.98. The molecule has 3 heterocycles. The minimum atomic E-state index is -0.263. The SMILES string of the molecule is COCCOC(=O)N1CCC2(CCC(=O)N(CCc3ccccn3)C2)CC1. The zero-order chi connectivity index (χ0) is 19.1. The van der Waals surface area contributed by atoms with Crippen LogP contribution in [0.2, 0.25) is 0 Å². The van der Waals surface area contributed by atoms with Gasteiger partial charge in [0.1, 0.15) is 6.61 Å². The summed E-state index contributed by atoms with van der Waals surface area (Å²) in [5.74, 6) is 0.234. The number of hydrogen-bond acceptors (Lipinski definition) is 5. The summed E-state index contributed by atoms with van der Waals surface area (Å²) in [5, 5.41) is 0. The van der Waals surface area contributed by atoms with Crippen molar-refractivity contribution in [2.75, 3.05) is 46.5 Å². The number of aromatic nitrogens is 1. The third-order valence-electron chi connectivity index (χ3n) is 5.71. The fraction of sp³-hybridized carbons (Fsp3) is 0.650. The van der Waals surface area contributed by atoms with E-state index in [1.54, 1.807) is 18.2 Å². The van der Waals surface area contributed by atoms with Crippen molar-refractivity contribution in [1.29, 1.82) is 0 Å². The first-order chi connectivity index (χ1) is 13.1. The van der Waals surface area contributed by atoms with Crippen molar-refractivity contribution in [3.05, 3.63) is 30.1 Å². The summed E-state index contributed by atoms with van der Waals surface area (Å²) in [4.78, 5) is 32.6. The maximum Gasteiger partial charge on any atom is 0.409 e. The Hall–Kier alpha value is -2.15. The van der Waals surface area contributed by atoms with Gasteiger partial charge in [-0.25, -0.2) is 4.79 Å². The van der Waals surface area contributed by atoms with Crippen LogP contribution >= 0.6 is 0 Å². The van der Waals surface area contributed by atoms with Gasteiger partial charge < -0.3 is 19.3 Å². The topological polar surface area (TPSA) is 72.0 Å². The molecule has 3 rings (SSSR count). The van der Waals surface area contributed by atoms with Crippen LogP contribution in [0.3, 0.4) is 0 Å². The highest BCUT2D eigenvalue weighted by atomic mass is 16.6. The molecule has 1 spiro atoms. The number of carbonyl (C=O) groups excluding carboxylic acids is 2.